The number of pyridine rings is 1. The van der Waals surface area contributed by atoms with Gasteiger partial charge in [0, 0.05) is 51.4 Å². The van der Waals surface area contributed by atoms with Gasteiger partial charge in [0.1, 0.15) is 11.6 Å². The molecule has 0 aliphatic carbocycles. The summed E-state index contributed by atoms with van der Waals surface area (Å²) in [7, 11) is 1.70. The molecule has 0 bridgehead atoms. The molecule has 0 fully saturated rings. The summed E-state index contributed by atoms with van der Waals surface area (Å²) in [5.41, 5.74) is 3.49. The second-order valence-corrected chi connectivity index (χ2v) is 8.15. The molecule has 0 spiro atoms. The van der Waals surface area contributed by atoms with E-state index in [1.807, 2.05) is 18.2 Å². The molecule has 32 heavy (non-hydrogen) atoms. The number of fused-ring (bicyclic) bond motifs is 1. The summed E-state index contributed by atoms with van der Waals surface area (Å²) in [5, 5.41) is 11.7. The lowest BCUT2D eigenvalue weighted by Crippen LogP contribution is -2.28. The second kappa shape index (κ2) is 10.4. The maximum absolute atomic E-state index is 12.3. The zero-order valence-corrected chi connectivity index (χ0v) is 18.8. The molecule has 1 aliphatic heterocycles. The van der Waals surface area contributed by atoms with Gasteiger partial charge in [-0.3, -0.25) is 14.7 Å². The Labute approximate surface area is 188 Å². The highest BCUT2D eigenvalue weighted by Gasteiger charge is 2.19. The summed E-state index contributed by atoms with van der Waals surface area (Å²) < 4.78 is 7.52. The van der Waals surface area contributed by atoms with Crippen LogP contribution in [0.3, 0.4) is 0 Å². The minimum Gasteiger partial charge on any atom is -0.496 e. The molecule has 1 aromatic carbocycles. The van der Waals surface area contributed by atoms with Crippen LogP contribution >= 0.6 is 0 Å². The molecule has 0 saturated carbocycles. The van der Waals surface area contributed by atoms with Crippen LogP contribution in [0.25, 0.3) is 0 Å². The number of aromatic nitrogens is 4. The van der Waals surface area contributed by atoms with E-state index in [0.29, 0.717) is 19.4 Å². The van der Waals surface area contributed by atoms with E-state index in [0.717, 1.165) is 61.1 Å². The topological polar surface area (TPSA) is 85.2 Å². The fraction of sp³-hybridized carbons (Fsp3) is 0.417. The van der Waals surface area contributed by atoms with Crippen molar-refractivity contribution in [1.82, 2.24) is 30.0 Å². The van der Waals surface area contributed by atoms with Crippen molar-refractivity contribution in [3.05, 3.63) is 71.1 Å². The minimum atomic E-state index is 0.0105. The quantitative estimate of drug-likeness (QED) is 0.586. The molecule has 3 heterocycles. The molecule has 1 N–H and O–H groups in total. The molecule has 4 rings (SSSR count). The zero-order chi connectivity index (χ0) is 22.3. The van der Waals surface area contributed by atoms with E-state index < -0.39 is 0 Å². The Morgan fingerprint density at radius 1 is 1.16 bits per heavy atom. The normalized spacial score (nSPS) is 13.9. The van der Waals surface area contributed by atoms with Gasteiger partial charge < -0.3 is 14.6 Å². The molecule has 1 amide bonds. The highest BCUT2D eigenvalue weighted by Crippen LogP contribution is 2.20. The van der Waals surface area contributed by atoms with Crippen molar-refractivity contribution in [3.8, 4) is 5.75 Å². The van der Waals surface area contributed by atoms with Crippen LogP contribution in [0.2, 0.25) is 0 Å². The monoisotopic (exact) mass is 434 g/mol. The summed E-state index contributed by atoms with van der Waals surface area (Å²) in [4.78, 5) is 18.8. The molecule has 3 aromatic rings. The van der Waals surface area contributed by atoms with Crippen LogP contribution in [0.15, 0.2) is 42.7 Å². The first-order chi connectivity index (χ1) is 15.6. The van der Waals surface area contributed by atoms with Gasteiger partial charge in [0.25, 0.3) is 0 Å². The molecule has 0 atom stereocenters. The Hall–Kier alpha value is -3.26. The maximum atomic E-state index is 12.3. The Balaban J connectivity index is 1.29. The molecule has 0 saturated heterocycles. The second-order valence-electron chi connectivity index (χ2n) is 8.15. The highest BCUT2D eigenvalue weighted by atomic mass is 16.5. The lowest BCUT2D eigenvalue weighted by Gasteiger charge is -2.20. The van der Waals surface area contributed by atoms with E-state index in [4.69, 9.17) is 4.74 Å². The average Bonchev–Trinajstić information content (AvgIpc) is 3.09. The Bertz CT molecular complexity index is 1050. The fourth-order valence-corrected chi connectivity index (χ4v) is 4.08. The molecular formula is C24H30N6O2. The predicted molar refractivity (Wildman–Crippen MR) is 121 cm³/mol. The third-order valence-corrected chi connectivity index (χ3v) is 5.87. The number of hydrogen-bond acceptors (Lipinski definition) is 6. The lowest BCUT2D eigenvalue weighted by atomic mass is 10.1. The van der Waals surface area contributed by atoms with Gasteiger partial charge >= 0.3 is 0 Å². The Kier molecular flexibility index (Phi) is 7.11. The molecule has 168 valence electrons. The number of rotatable bonds is 8. The van der Waals surface area contributed by atoms with E-state index in [1.54, 1.807) is 19.5 Å². The van der Waals surface area contributed by atoms with Crippen molar-refractivity contribution in [2.45, 2.75) is 45.8 Å². The van der Waals surface area contributed by atoms with Gasteiger partial charge in [0.15, 0.2) is 5.82 Å². The first-order valence-electron chi connectivity index (χ1n) is 11.0. The van der Waals surface area contributed by atoms with Crippen molar-refractivity contribution in [3.63, 3.8) is 0 Å². The van der Waals surface area contributed by atoms with E-state index in [2.05, 4.69) is 49.0 Å². The minimum absolute atomic E-state index is 0.0105. The number of carbonyl (C=O) groups is 1. The number of ether oxygens (including phenoxy) is 1. The molecule has 1 aliphatic rings. The van der Waals surface area contributed by atoms with Crippen molar-refractivity contribution in [2.24, 2.45) is 0 Å². The van der Waals surface area contributed by atoms with E-state index in [-0.39, 0.29) is 5.91 Å². The van der Waals surface area contributed by atoms with E-state index in [9.17, 15) is 4.79 Å². The van der Waals surface area contributed by atoms with Crippen molar-refractivity contribution < 1.29 is 9.53 Å². The van der Waals surface area contributed by atoms with Gasteiger partial charge in [-0.15, -0.1) is 10.2 Å². The van der Waals surface area contributed by atoms with Gasteiger partial charge in [-0.05, 0) is 42.2 Å². The van der Waals surface area contributed by atoms with Crippen molar-refractivity contribution in [2.75, 3.05) is 20.2 Å². The van der Waals surface area contributed by atoms with Crippen LogP contribution in [0, 0.1) is 6.92 Å². The van der Waals surface area contributed by atoms with Gasteiger partial charge in [-0.1, -0.05) is 18.2 Å². The fourth-order valence-electron chi connectivity index (χ4n) is 4.08. The third-order valence-electron chi connectivity index (χ3n) is 5.87. The molecule has 2 aromatic heterocycles. The van der Waals surface area contributed by atoms with Crippen LogP contribution in [0.4, 0.5) is 0 Å². The SMILES string of the molecule is COc1ccc(CN2CCc3nnc(CNC(=O)CCc4cccnc4)n3CC2)cc1C. The predicted octanol–water partition coefficient (Wildman–Crippen LogP) is 2.30. The van der Waals surface area contributed by atoms with Crippen molar-refractivity contribution >= 4 is 5.91 Å². The molecule has 0 unspecified atom stereocenters. The first kappa shape index (κ1) is 22.0. The van der Waals surface area contributed by atoms with Gasteiger partial charge in [-0.25, -0.2) is 0 Å². The summed E-state index contributed by atoms with van der Waals surface area (Å²) in [6, 6.07) is 10.2. The summed E-state index contributed by atoms with van der Waals surface area (Å²) in [6.07, 6.45) is 5.49. The number of hydrogen-bond donors (Lipinski definition) is 1. The van der Waals surface area contributed by atoms with E-state index in [1.165, 1.54) is 5.56 Å². The standard InChI is InChI=1S/C24H30N6O2/c1-18-14-20(5-7-21(18)32-2)17-29-11-9-22-27-28-23(30(22)13-12-29)16-26-24(31)8-6-19-4-3-10-25-15-19/h3-5,7,10,14-15H,6,8-9,11-13,16-17H2,1-2H3,(H,26,31). The largest absolute Gasteiger partial charge is 0.496 e. The third kappa shape index (κ3) is 5.50. The smallest absolute Gasteiger partial charge is 0.220 e. The molecule has 8 nitrogen and oxygen atoms in total. The van der Waals surface area contributed by atoms with E-state index >= 15 is 0 Å². The van der Waals surface area contributed by atoms with Crippen LogP contribution in [0.5, 0.6) is 5.75 Å². The number of carbonyl (C=O) groups excluding carboxylic acids is 1. The van der Waals surface area contributed by atoms with Crippen LogP contribution in [-0.2, 0) is 37.3 Å². The van der Waals surface area contributed by atoms with Gasteiger partial charge in [0.2, 0.25) is 5.91 Å². The average molecular weight is 435 g/mol. The Morgan fingerprint density at radius 2 is 2.06 bits per heavy atom. The molecule has 0 radical (unpaired) electrons. The number of nitrogens with one attached hydrogen (secondary N) is 1. The number of methoxy groups -OCH3 is 1. The van der Waals surface area contributed by atoms with Crippen LogP contribution in [0.1, 0.15) is 34.8 Å². The lowest BCUT2D eigenvalue weighted by molar-refractivity contribution is -0.121. The first-order valence-corrected chi connectivity index (χ1v) is 11.0. The number of nitrogens with zero attached hydrogens (tertiary/aromatic N) is 5. The molecule has 8 heteroatoms. The molecular weight excluding hydrogens is 404 g/mol. The van der Waals surface area contributed by atoms with Crippen molar-refractivity contribution in [1.29, 1.82) is 0 Å². The number of amides is 1. The van der Waals surface area contributed by atoms with Gasteiger partial charge in [0.05, 0.1) is 13.7 Å². The number of aryl methyl sites for hydroxylation is 2. The maximum Gasteiger partial charge on any atom is 0.220 e. The highest BCUT2D eigenvalue weighted by molar-refractivity contribution is 5.76. The summed E-state index contributed by atoms with van der Waals surface area (Å²) in [5.74, 6) is 2.73. The van der Waals surface area contributed by atoms with Gasteiger partial charge in [-0.2, -0.15) is 0 Å². The summed E-state index contributed by atoms with van der Waals surface area (Å²) in [6.45, 7) is 6.03. The summed E-state index contributed by atoms with van der Waals surface area (Å²) >= 11 is 0. The van der Waals surface area contributed by atoms with Crippen LogP contribution in [-0.4, -0.2) is 50.8 Å². The zero-order valence-electron chi connectivity index (χ0n) is 18.8. The Morgan fingerprint density at radius 3 is 2.84 bits per heavy atom. The number of benzene rings is 1. The van der Waals surface area contributed by atoms with Crippen LogP contribution < -0.4 is 10.1 Å².